The van der Waals surface area contributed by atoms with Crippen molar-refractivity contribution in [2.45, 2.75) is 13.5 Å². The number of aryl methyl sites for hydroxylation is 1. The number of nitrogens with one attached hydrogen (secondary N) is 1. The summed E-state index contributed by atoms with van der Waals surface area (Å²) in [4.78, 5) is 35.6. The number of benzene rings is 1. The summed E-state index contributed by atoms with van der Waals surface area (Å²) in [6, 6.07) is 7.94. The number of nitrogens with zero attached hydrogens (tertiary/aromatic N) is 1. The zero-order chi connectivity index (χ0) is 17.7. The first-order valence-electron chi connectivity index (χ1n) is 7.18. The molecular formula is C17H18N2O5. The average molecular weight is 330 g/mol. The van der Waals surface area contributed by atoms with Crippen molar-refractivity contribution >= 4 is 17.6 Å². The second kappa shape index (κ2) is 7.45. The maximum Gasteiger partial charge on any atom is 0.339 e. The third kappa shape index (κ3) is 4.01. The van der Waals surface area contributed by atoms with Gasteiger partial charge in [-0.3, -0.25) is 9.59 Å². The molecule has 2 rings (SSSR count). The first-order valence-corrected chi connectivity index (χ1v) is 7.18. The zero-order valence-electron chi connectivity index (χ0n) is 13.7. The summed E-state index contributed by atoms with van der Waals surface area (Å²) in [6.07, 6.45) is 1.29. The first-order chi connectivity index (χ1) is 11.4. The second-order valence-electron chi connectivity index (χ2n) is 5.13. The van der Waals surface area contributed by atoms with Gasteiger partial charge < -0.3 is 19.4 Å². The molecule has 7 nitrogen and oxygen atoms in total. The smallest absolute Gasteiger partial charge is 0.339 e. The number of ether oxygens (including phenoxy) is 2. The van der Waals surface area contributed by atoms with Crippen LogP contribution in [-0.2, 0) is 16.1 Å². The number of rotatable bonds is 5. The van der Waals surface area contributed by atoms with E-state index >= 15 is 0 Å². The molecule has 0 saturated heterocycles. The van der Waals surface area contributed by atoms with E-state index in [1.807, 2.05) is 13.0 Å². The molecule has 0 fully saturated rings. The number of hydrogen-bond acceptors (Lipinski definition) is 5. The molecular weight excluding hydrogens is 312 g/mol. The minimum Gasteiger partial charge on any atom is -0.495 e. The van der Waals surface area contributed by atoms with Gasteiger partial charge in [0.1, 0.15) is 12.3 Å². The van der Waals surface area contributed by atoms with Crippen LogP contribution in [-0.4, -0.2) is 30.7 Å². The number of carbonyl (C=O) groups is 2. The van der Waals surface area contributed by atoms with Crippen LogP contribution in [0.5, 0.6) is 5.75 Å². The molecule has 0 unspecified atom stereocenters. The summed E-state index contributed by atoms with van der Waals surface area (Å²) in [6.45, 7) is 1.65. The van der Waals surface area contributed by atoms with E-state index in [9.17, 15) is 14.4 Å². The van der Waals surface area contributed by atoms with Gasteiger partial charge in [-0.05, 0) is 30.7 Å². The van der Waals surface area contributed by atoms with Crippen LogP contribution in [0.1, 0.15) is 15.9 Å². The van der Waals surface area contributed by atoms with E-state index in [1.54, 1.807) is 12.1 Å². The Morgan fingerprint density at radius 3 is 2.58 bits per heavy atom. The fourth-order valence-corrected chi connectivity index (χ4v) is 2.16. The maximum atomic E-state index is 12.2. The molecule has 0 spiro atoms. The van der Waals surface area contributed by atoms with Gasteiger partial charge in [0.25, 0.3) is 5.56 Å². The molecule has 1 aromatic carbocycles. The SMILES string of the molecule is COC(=O)c1ccc(=O)n(CC(=O)Nc2cc(C)ccc2OC)c1. The summed E-state index contributed by atoms with van der Waals surface area (Å²) in [7, 11) is 2.75. The Labute approximate surface area is 138 Å². The van der Waals surface area contributed by atoms with Crippen LogP contribution in [0, 0.1) is 6.92 Å². The number of methoxy groups -OCH3 is 2. The Kier molecular flexibility index (Phi) is 5.36. The number of anilines is 1. The number of carbonyl (C=O) groups excluding carboxylic acids is 2. The van der Waals surface area contributed by atoms with E-state index in [0.29, 0.717) is 11.4 Å². The standard InChI is InChI=1S/C17H18N2O5/c1-11-4-6-14(23-2)13(8-11)18-15(20)10-19-9-12(17(22)24-3)5-7-16(19)21/h4-9H,10H2,1-3H3,(H,18,20). The number of aromatic nitrogens is 1. The highest BCUT2D eigenvalue weighted by Crippen LogP contribution is 2.25. The van der Waals surface area contributed by atoms with Crippen molar-refractivity contribution in [1.29, 1.82) is 0 Å². The number of amides is 1. The first kappa shape index (κ1) is 17.3. The highest BCUT2D eigenvalue weighted by atomic mass is 16.5. The lowest BCUT2D eigenvalue weighted by atomic mass is 10.2. The van der Waals surface area contributed by atoms with Crippen LogP contribution in [0.25, 0.3) is 0 Å². The molecule has 0 bridgehead atoms. The largest absolute Gasteiger partial charge is 0.495 e. The Hall–Kier alpha value is -3.09. The van der Waals surface area contributed by atoms with Gasteiger partial charge in [-0.15, -0.1) is 0 Å². The van der Waals surface area contributed by atoms with Crippen LogP contribution in [0.15, 0.2) is 41.3 Å². The van der Waals surface area contributed by atoms with Crippen LogP contribution >= 0.6 is 0 Å². The quantitative estimate of drug-likeness (QED) is 0.841. The van der Waals surface area contributed by atoms with Gasteiger partial charge in [0, 0.05) is 12.3 Å². The van der Waals surface area contributed by atoms with Crippen molar-refractivity contribution < 1.29 is 19.1 Å². The minimum atomic E-state index is -0.579. The fourth-order valence-electron chi connectivity index (χ4n) is 2.16. The summed E-state index contributed by atoms with van der Waals surface area (Å²) >= 11 is 0. The van der Waals surface area contributed by atoms with Crippen LogP contribution in [0.4, 0.5) is 5.69 Å². The molecule has 0 aliphatic rings. The van der Waals surface area contributed by atoms with Gasteiger partial charge in [-0.1, -0.05) is 6.07 Å². The normalized spacial score (nSPS) is 10.1. The second-order valence-corrected chi connectivity index (χ2v) is 5.13. The van der Waals surface area contributed by atoms with Crippen molar-refractivity contribution in [2.24, 2.45) is 0 Å². The van der Waals surface area contributed by atoms with Crippen molar-refractivity contribution in [3.05, 3.63) is 58.0 Å². The molecule has 0 aliphatic heterocycles. The lowest BCUT2D eigenvalue weighted by Crippen LogP contribution is -2.27. The highest BCUT2D eigenvalue weighted by Gasteiger charge is 2.12. The molecule has 0 radical (unpaired) electrons. The van der Waals surface area contributed by atoms with Crippen molar-refractivity contribution in [3.63, 3.8) is 0 Å². The molecule has 1 aromatic heterocycles. The lowest BCUT2D eigenvalue weighted by molar-refractivity contribution is -0.116. The molecule has 0 atom stereocenters. The highest BCUT2D eigenvalue weighted by molar-refractivity contribution is 5.92. The van der Waals surface area contributed by atoms with E-state index in [4.69, 9.17) is 4.74 Å². The third-order valence-corrected chi connectivity index (χ3v) is 3.35. The maximum absolute atomic E-state index is 12.2. The van der Waals surface area contributed by atoms with Crippen molar-refractivity contribution in [1.82, 2.24) is 4.57 Å². The summed E-state index contributed by atoms with van der Waals surface area (Å²) < 4.78 is 10.9. The van der Waals surface area contributed by atoms with Crippen LogP contribution < -0.4 is 15.6 Å². The summed E-state index contributed by atoms with van der Waals surface area (Å²) in [5, 5.41) is 2.70. The Balaban J connectivity index is 2.20. The predicted molar refractivity (Wildman–Crippen MR) is 88.4 cm³/mol. The van der Waals surface area contributed by atoms with Gasteiger partial charge in [0.05, 0.1) is 25.5 Å². The van der Waals surface area contributed by atoms with Gasteiger partial charge in [0.2, 0.25) is 5.91 Å². The molecule has 7 heteroatoms. The number of hydrogen-bond donors (Lipinski definition) is 1. The van der Waals surface area contributed by atoms with Crippen molar-refractivity contribution in [3.8, 4) is 5.75 Å². The monoisotopic (exact) mass is 330 g/mol. The average Bonchev–Trinajstić information content (AvgIpc) is 2.56. The Morgan fingerprint density at radius 2 is 1.92 bits per heavy atom. The Bertz CT molecular complexity index is 826. The fraction of sp³-hybridized carbons (Fsp3) is 0.235. The molecule has 1 heterocycles. The van der Waals surface area contributed by atoms with E-state index in [2.05, 4.69) is 10.1 Å². The van der Waals surface area contributed by atoms with Gasteiger partial charge in [-0.25, -0.2) is 4.79 Å². The van der Waals surface area contributed by atoms with E-state index in [0.717, 1.165) is 10.1 Å². The molecule has 126 valence electrons. The van der Waals surface area contributed by atoms with Crippen LogP contribution in [0.3, 0.4) is 0 Å². The molecule has 0 aliphatic carbocycles. The predicted octanol–water partition coefficient (Wildman–Crippen LogP) is 1.59. The molecule has 24 heavy (non-hydrogen) atoms. The number of pyridine rings is 1. The van der Waals surface area contributed by atoms with Gasteiger partial charge >= 0.3 is 5.97 Å². The van der Waals surface area contributed by atoms with E-state index in [1.165, 1.54) is 32.5 Å². The van der Waals surface area contributed by atoms with E-state index in [-0.39, 0.29) is 12.1 Å². The molecule has 0 saturated carbocycles. The molecule has 2 aromatic rings. The van der Waals surface area contributed by atoms with Crippen molar-refractivity contribution in [2.75, 3.05) is 19.5 Å². The molecule has 1 N–H and O–H groups in total. The Morgan fingerprint density at radius 1 is 1.17 bits per heavy atom. The minimum absolute atomic E-state index is 0.193. The zero-order valence-corrected chi connectivity index (χ0v) is 13.7. The number of esters is 1. The van der Waals surface area contributed by atoms with Crippen LogP contribution in [0.2, 0.25) is 0 Å². The molecule has 1 amide bonds. The third-order valence-electron chi connectivity index (χ3n) is 3.35. The van der Waals surface area contributed by atoms with Gasteiger partial charge in [0.15, 0.2) is 0 Å². The summed E-state index contributed by atoms with van der Waals surface area (Å²) in [5.74, 6) is -0.475. The van der Waals surface area contributed by atoms with Gasteiger partial charge in [-0.2, -0.15) is 0 Å². The summed E-state index contributed by atoms with van der Waals surface area (Å²) in [5.41, 5.74) is 1.27. The topological polar surface area (TPSA) is 86.6 Å². The lowest BCUT2D eigenvalue weighted by Gasteiger charge is -2.12. The van der Waals surface area contributed by atoms with E-state index < -0.39 is 17.4 Å².